The van der Waals surface area contributed by atoms with Gasteiger partial charge in [-0.2, -0.15) is 0 Å². The quantitative estimate of drug-likeness (QED) is 0.211. The van der Waals surface area contributed by atoms with Crippen molar-refractivity contribution in [1.29, 1.82) is 0 Å². The summed E-state index contributed by atoms with van der Waals surface area (Å²) in [5.41, 5.74) is 0. The Morgan fingerprint density at radius 3 is 2.10 bits per heavy atom. The van der Waals surface area contributed by atoms with Crippen LogP contribution >= 0.6 is 0 Å². The second-order valence-corrected chi connectivity index (χ2v) is 10.3. The Labute approximate surface area is 187 Å². The highest BCUT2D eigenvalue weighted by atomic mass is 16.5. The summed E-state index contributed by atoms with van der Waals surface area (Å²) in [6.45, 7) is 7.73. The van der Waals surface area contributed by atoms with Crippen LogP contribution in [0.3, 0.4) is 0 Å². The topological polar surface area (TPSA) is 35.5 Å². The Kier molecular flexibility index (Phi) is 13.1. The molecule has 0 aromatic heterocycles. The maximum absolute atomic E-state index is 12.6. The van der Waals surface area contributed by atoms with E-state index in [1.165, 1.54) is 70.6 Å². The van der Waals surface area contributed by atoms with Crippen molar-refractivity contribution in [2.24, 2.45) is 17.8 Å². The molecule has 2 saturated carbocycles. The van der Waals surface area contributed by atoms with E-state index < -0.39 is 0 Å². The lowest BCUT2D eigenvalue weighted by Crippen LogP contribution is -2.32. The number of carbonyl (C=O) groups is 1. The Morgan fingerprint density at radius 1 is 0.800 bits per heavy atom. The molecule has 0 aromatic rings. The van der Waals surface area contributed by atoms with E-state index >= 15 is 0 Å². The van der Waals surface area contributed by atoms with E-state index in [4.69, 9.17) is 9.47 Å². The number of ether oxygens (including phenoxy) is 2. The summed E-state index contributed by atoms with van der Waals surface area (Å²) >= 11 is 0. The van der Waals surface area contributed by atoms with Crippen molar-refractivity contribution in [2.45, 2.75) is 142 Å². The maximum Gasteiger partial charge on any atom is 0.309 e. The van der Waals surface area contributed by atoms with Crippen LogP contribution < -0.4 is 0 Å². The standard InChI is InChI=1S/C27H50O3/c1-4-6-8-10-11-22(3)21-29-25-19-15-24(16-20-25)27(28)30-26-17-13-23(14-18-26)12-9-7-5-2/h22-26H,4-21H2,1-3H3. The number of hydrogen-bond donors (Lipinski definition) is 0. The molecule has 2 aliphatic carbocycles. The van der Waals surface area contributed by atoms with Gasteiger partial charge < -0.3 is 9.47 Å². The van der Waals surface area contributed by atoms with Crippen LogP contribution in [-0.2, 0) is 14.3 Å². The lowest BCUT2D eigenvalue weighted by molar-refractivity contribution is -0.158. The monoisotopic (exact) mass is 422 g/mol. The molecule has 176 valence electrons. The predicted molar refractivity (Wildman–Crippen MR) is 126 cm³/mol. The summed E-state index contributed by atoms with van der Waals surface area (Å²) in [5.74, 6) is 1.71. The first kappa shape index (κ1) is 25.7. The van der Waals surface area contributed by atoms with Gasteiger partial charge in [-0.3, -0.25) is 4.79 Å². The fourth-order valence-corrected chi connectivity index (χ4v) is 5.25. The molecule has 30 heavy (non-hydrogen) atoms. The zero-order valence-electron chi connectivity index (χ0n) is 20.3. The minimum Gasteiger partial charge on any atom is -0.462 e. The van der Waals surface area contributed by atoms with Gasteiger partial charge in [0.15, 0.2) is 0 Å². The van der Waals surface area contributed by atoms with Gasteiger partial charge in [0.25, 0.3) is 0 Å². The van der Waals surface area contributed by atoms with E-state index in [9.17, 15) is 4.79 Å². The molecule has 3 nitrogen and oxygen atoms in total. The van der Waals surface area contributed by atoms with Gasteiger partial charge in [0.2, 0.25) is 0 Å². The molecular weight excluding hydrogens is 372 g/mol. The molecule has 1 unspecified atom stereocenters. The van der Waals surface area contributed by atoms with Crippen LogP contribution in [0.5, 0.6) is 0 Å². The van der Waals surface area contributed by atoms with Crippen LogP contribution in [0.1, 0.15) is 130 Å². The van der Waals surface area contributed by atoms with Gasteiger partial charge in [0.1, 0.15) is 6.10 Å². The third kappa shape index (κ3) is 10.2. The number of rotatable bonds is 14. The molecule has 1 atom stereocenters. The van der Waals surface area contributed by atoms with Crippen LogP contribution in [0, 0.1) is 17.8 Å². The molecule has 0 radical (unpaired) electrons. The van der Waals surface area contributed by atoms with Gasteiger partial charge in [0, 0.05) is 6.61 Å². The molecule has 0 N–H and O–H groups in total. The largest absolute Gasteiger partial charge is 0.462 e. The summed E-state index contributed by atoms with van der Waals surface area (Å²) < 4.78 is 12.1. The van der Waals surface area contributed by atoms with E-state index in [0.29, 0.717) is 12.0 Å². The molecule has 0 aliphatic heterocycles. The van der Waals surface area contributed by atoms with Crippen molar-refractivity contribution in [3.63, 3.8) is 0 Å². The van der Waals surface area contributed by atoms with Crippen LogP contribution in [-0.4, -0.2) is 24.8 Å². The molecule has 0 heterocycles. The first-order valence-corrected chi connectivity index (χ1v) is 13.4. The zero-order valence-corrected chi connectivity index (χ0v) is 20.3. The summed E-state index contributed by atoms with van der Waals surface area (Å²) in [6.07, 6.45) is 21.2. The van der Waals surface area contributed by atoms with Gasteiger partial charge in [-0.05, 0) is 69.6 Å². The van der Waals surface area contributed by atoms with Crippen LogP contribution in [0.4, 0.5) is 0 Å². The highest BCUT2D eigenvalue weighted by Gasteiger charge is 2.31. The number of unbranched alkanes of at least 4 members (excludes halogenated alkanes) is 5. The Balaban J connectivity index is 1.54. The lowest BCUT2D eigenvalue weighted by Gasteiger charge is -2.32. The van der Waals surface area contributed by atoms with E-state index in [-0.39, 0.29) is 18.0 Å². The van der Waals surface area contributed by atoms with E-state index in [1.54, 1.807) is 0 Å². The summed E-state index contributed by atoms with van der Waals surface area (Å²) in [6, 6.07) is 0. The second-order valence-electron chi connectivity index (χ2n) is 10.3. The molecule has 0 bridgehead atoms. The zero-order chi connectivity index (χ0) is 21.6. The predicted octanol–water partition coefficient (Wildman–Crippen LogP) is 7.85. The number of hydrogen-bond acceptors (Lipinski definition) is 3. The molecular formula is C27H50O3. The first-order chi connectivity index (χ1) is 14.6. The SMILES string of the molecule is CCCCCCC(C)COC1CCC(C(=O)OC2CCC(CCCCC)CC2)CC1. The molecule has 0 aromatic carbocycles. The summed E-state index contributed by atoms with van der Waals surface area (Å²) in [4.78, 5) is 12.6. The third-order valence-corrected chi connectivity index (χ3v) is 7.47. The van der Waals surface area contributed by atoms with Crippen LogP contribution in [0.2, 0.25) is 0 Å². The van der Waals surface area contributed by atoms with Crippen LogP contribution in [0.25, 0.3) is 0 Å². The van der Waals surface area contributed by atoms with E-state index in [0.717, 1.165) is 51.0 Å². The fraction of sp³-hybridized carbons (Fsp3) is 0.963. The highest BCUT2D eigenvalue weighted by Crippen LogP contribution is 2.32. The Hall–Kier alpha value is -0.570. The van der Waals surface area contributed by atoms with Gasteiger partial charge in [-0.1, -0.05) is 72.1 Å². The van der Waals surface area contributed by atoms with Gasteiger partial charge in [0.05, 0.1) is 12.0 Å². The second kappa shape index (κ2) is 15.3. The maximum atomic E-state index is 12.6. The molecule has 0 amide bonds. The van der Waals surface area contributed by atoms with Crippen LogP contribution in [0.15, 0.2) is 0 Å². The third-order valence-electron chi connectivity index (χ3n) is 7.47. The van der Waals surface area contributed by atoms with Crippen molar-refractivity contribution < 1.29 is 14.3 Å². The molecule has 2 fully saturated rings. The first-order valence-electron chi connectivity index (χ1n) is 13.4. The average Bonchev–Trinajstić information content (AvgIpc) is 2.77. The van der Waals surface area contributed by atoms with Crippen molar-refractivity contribution in [3.05, 3.63) is 0 Å². The van der Waals surface area contributed by atoms with Gasteiger partial charge >= 0.3 is 5.97 Å². The Bertz CT molecular complexity index is 433. The molecule has 0 saturated heterocycles. The van der Waals surface area contributed by atoms with Gasteiger partial charge in [-0.25, -0.2) is 0 Å². The minimum absolute atomic E-state index is 0.0761. The summed E-state index contributed by atoms with van der Waals surface area (Å²) in [5, 5.41) is 0. The lowest BCUT2D eigenvalue weighted by atomic mass is 9.83. The number of carbonyl (C=O) groups excluding carboxylic acids is 1. The van der Waals surface area contributed by atoms with Crippen molar-refractivity contribution in [2.75, 3.05) is 6.61 Å². The van der Waals surface area contributed by atoms with Crippen molar-refractivity contribution >= 4 is 5.97 Å². The number of esters is 1. The van der Waals surface area contributed by atoms with E-state index in [1.807, 2.05) is 0 Å². The molecule has 0 spiro atoms. The molecule has 2 rings (SSSR count). The Morgan fingerprint density at radius 2 is 1.43 bits per heavy atom. The molecule has 2 aliphatic rings. The molecule has 3 heteroatoms. The fourth-order valence-electron chi connectivity index (χ4n) is 5.25. The van der Waals surface area contributed by atoms with Crippen molar-refractivity contribution in [1.82, 2.24) is 0 Å². The van der Waals surface area contributed by atoms with E-state index in [2.05, 4.69) is 20.8 Å². The minimum atomic E-state index is 0.0761. The normalized spacial score (nSPS) is 28.2. The highest BCUT2D eigenvalue weighted by molar-refractivity contribution is 5.72. The van der Waals surface area contributed by atoms with Crippen molar-refractivity contribution in [3.8, 4) is 0 Å². The average molecular weight is 423 g/mol. The summed E-state index contributed by atoms with van der Waals surface area (Å²) in [7, 11) is 0. The van der Waals surface area contributed by atoms with Gasteiger partial charge in [-0.15, -0.1) is 0 Å². The smallest absolute Gasteiger partial charge is 0.309 e.